The van der Waals surface area contributed by atoms with E-state index in [-0.39, 0.29) is 12.9 Å². The molecule has 0 spiro atoms. The quantitative estimate of drug-likeness (QED) is 0.599. The molecule has 1 amide bonds. The maximum atomic E-state index is 11.7. The Hall–Kier alpha value is -2.12. The summed E-state index contributed by atoms with van der Waals surface area (Å²) in [4.78, 5) is 23.1. The second-order valence-corrected chi connectivity index (χ2v) is 5.63. The number of hydrogen-bond donors (Lipinski definition) is 1. The fourth-order valence-electron chi connectivity index (χ4n) is 2.52. The van der Waals surface area contributed by atoms with Crippen LogP contribution in [-0.4, -0.2) is 45.1 Å². The van der Waals surface area contributed by atoms with E-state index >= 15 is 0 Å². The zero-order valence-electron chi connectivity index (χ0n) is 14.7. The fourth-order valence-corrected chi connectivity index (χ4v) is 2.52. The zero-order chi connectivity index (χ0) is 18.1. The van der Waals surface area contributed by atoms with Gasteiger partial charge in [0.25, 0.3) is 0 Å². The smallest absolute Gasteiger partial charge is 0.397 e. The number of carbonyl (C=O) groups is 2. The third-order valence-electron chi connectivity index (χ3n) is 3.81. The highest BCUT2D eigenvalue weighted by Gasteiger charge is 2.17. The first-order valence-corrected chi connectivity index (χ1v) is 8.52. The van der Waals surface area contributed by atoms with Crippen molar-refractivity contribution in [3.05, 3.63) is 23.8 Å². The number of rotatable bonds is 7. The molecule has 1 saturated heterocycles. The number of anilines is 1. The SMILES string of the molecule is CCOC(=O)C(=O)Nc1ccc(CCOC2CCCCO2)cc1OC. The number of esters is 1. The largest absolute Gasteiger partial charge is 0.495 e. The van der Waals surface area contributed by atoms with Gasteiger partial charge in [-0.25, -0.2) is 4.79 Å². The minimum absolute atomic E-state index is 0.112. The van der Waals surface area contributed by atoms with Gasteiger partial charge in [-0.15, -0.1) is 0 Å². The minimum atomic E-state index is -0.922. The molecule has 1 unspecified atom stereocenters. The maximum absolute atomic E-state index is 11.7. The third kappa shape index (κ3) is 6.03. The Balaban J connectivity index is 1.89. The van der Waals surface area contributed by atoms with Gasteiger partial charge in [0, 0.05) is 6.61 Å². The van der Waals surface area contributed by atoms with Crippen LogP contribution in [0.25, 0.3) is 0 Å². The molecule has 2 rings (SSSR count). The van der Waals surface area contributed by atoms with Gasteiger partial charge in [-0.2, -0.15) is 0 Å². The first kappa shape index (κ1) is 19.2. The van der Waals surface area contributed by atoms with Crippen molar-refractivity contribution in [2.75, 3.05) is 32.2 Å². The van der Waals surface area contributed by atoms with Crippen LogP contribution in [0.1, 0.15) is 31.7 Å². The maximum Gasteiger partial charge on any atom is 0.397 e. The number of methoxy groups -OCH3 is 1. The van der Waals surface area contributed by atoms with Gasteiger partial charge >= 0.3 is 11.9 Å². The summed E-state index contributed by atoms with van der Waals surface area (Å²) in [6.45, 7) is 3.09. The van der Waals surface area contributed by atoms with E-state index in [1.54, 1.807) is 13.0 Å². The molecular weight excluding hydrogens is 326 g/mol. The Morgan fingerprint density at radius 3 is 2.84 bits per heavy atom. The van der Waals surface area contributed by atoms with Crippen molar-refractivity contribution in [2.45, 2.75) is 38.9 Å². The van der Waals surface area contributed by atoms with Gasteiger partial charge < -0.3 is 24.3 Å². The molecule has 1 atom stereocenters. The summed E-state index contributed by atoms with van der Waals surface area (Å²) < 4.78 is 21.2. The molecule has 1 N–H and O–H groups in total. The highest BCUT2D eigenvalue weighted by Crippen LogP contribution is 2.26. The van der Waals surface area contributed by atoms with Crippen LogP contribution in [0.2, 0.25) is 0 Å². The van der Waals surface area contributed by atoms with Crippen molar-refractivity contribution in [2.24, 2.45) is 0 Å². The molecule has 1 aliphatic rings. The minimum Gasteiger partial charge on any atom is -0.495 e. The van der Waals surface area contributed by atoms with Crippen LogP contribution < -0.4 is 10.1 Å². The van der Waals surface area contributed by atoms with Crippen molar-refractivity contribution in [3.8, 4) is 5.75 Å². The van der Waals surface area contributed by atoms with E-state index in [4.69, 9.17) is 14.2 Å². The predicted molar refractivity (Wildman–Crippen MR) is 91.5 cm³/mol. The monoisotopic (exact) mass is 351 g/mol. The number of ether oxygens (including phenoxy) is 4. The van der Waals surface area contributed by atoms with Crippen LogP contribution in [0.4, 0.5) is 5.69 Å². The molecule has 1 aromatic carbocycles. The second kappa shape index (κ2) is 10.0. The van der Waals surface area contributed by atoms with Gasteiger partial charge in [-0.05, 0) is 50.3 Å². The fraction of sp³-hybridized carbons (Fsp3) is 0.556. The summed E-state index contributed by atoms with van der Waals surface area (Å²) in [7, 11) is 1.51. The molecule has 1 aliphatic heterocycles. The van der Waals surface area contributed by atoms with Gasteiger partial charge in [0.1, 0.15) is 5.75 Å². The van der Waals surface area contributed by atoms with Crippen molar-refractivity contribution >= 4 is 17.6 Å². The Morgan fingerprint density at radius 2 is 2.16 bits per heavy atom. The zero-order valence-corrected chi connectivity index (χ0v) is 14.7. The molecule has 1 fully saturated rings. The van der Waals surface area contributed by atoms with Gasteiger partial charge in [-0.3, -0.25) is 4.79 Å². The second-order valence-electron chi connectivity index (χ2n) is 5.63. The van der Waals surface area contributed by atoms with Crippen molar-refractivity contribution in [1.82, 2.24) is 0 Å². The lowest BCUT2D eigenvalue weighted by Crippen LogP contribution is -2.25. The Labute approximate surface area is 147 Å². The molecule has 0 bridgehead atoms. The van der Waals surface area contributed by atoms with Crippen LogP contribution in [-0.2, 0) is 30.2 Å². The standard InChI is InChI=1S/C18H25NO6/c1-3-23-18(21)17(20)19-14-8-7-13(12-15(14)22-2)9-11-25-16-6-4-5-10-24-16/h7-8,12,16H,3-6,9-11H2,1-2H3,(H,19,20). The van der Waals surface area contributed by atoms with Crippen molar-refractivity contribution in [1.29, 1.82) is 0 Å². The molecule has 0 aliphatic carbocycles. The molecule has 0 radical (unpaired) electrons. The van der Waals surface area contributed by atoms with Crippen molar-refractivity contribution in [3.63, 3.8) is 0 Å². The molecule has 138 valence electrons. The summed E-state index contributed by atoms with van der Waals surface area (Å²) >= 11 is 0. The van der Waals surface area contributed by atoms with E-state index in [9.17, 15) is 9.59 Å². The Kier molecular flexibility index (Phi) is 7.69. The third-order valence-corrected chi connectivity index (χ3v) is 3.81. The molecule has 0 aromatic heterocycles. The molecule has 1 heterocycles. The van der Waals surface area contributed by atoms with E-state index < -0.39 is 11.9 Å². The molecule has 7 heteroatoms. The number of benzene rings is 1. The average Bonchev–Trinajstić information content (AvgIpc) is 2.63. The van der Waals surface area contributed by atoms with Gasteiger partial charge in [0.2, 0.25) is 0 Å². The highest BCUT2D eigenvalue weighted by molar-refractivity contribution is 6.37. The topological polar surface area (TPSA) is 83.1 Å². The van der Waals surface area contributed by atoms with Crippen LogP contribution in [0.15, 0.2) is 18.2 Å². The first-order chi connectivity index (χ1) is 12.1. The van der Waals surface area contributed by atoms with Gasteiger partial charge in [0.15, 0.2) is 6.29 Å². The summed E-state index contributed by atoms with van der Waals surface area (Å²) in [6.07, 6.45) is 3.74. The van der Waals surface area contributed by atoms with E-state index in [1.165, 1.54) is 7.11 Å². The van der Waals surface area contributed by atoms with Crippen LogP contribution >= 0.6 is 0 Å². The van der Waals surface area contributed by atoms with Gasteiger partial charge in [0.05, 0.1) is 26.0 Å². The van der Waals surface area contributed by atoms with E-state index in [1.807, 2.05) is 12.1 Å². The van der Waals surface area contributed by atoms with Gasteiger partial charge in [-0.1, -0.05) is 6.07 Å². The highest BCUT2D eigenvalue weighted by atomic mass is 16.7. The summed E-state index contributed by atoms with van der Waals surface area (Å²) in [5.74, 6) is -1.27. The summed E-state index contributed by atoms with van der Waals surface area (Å²) in [5.41, 5.74) is 1.42. The molecule has 7 nitrogen and oxygen atoms in total. The van der Waals surface area contributed by atoms with Crippen LogP contribution in [0.5, 0.6) is 5.75 Å². The lowest BCUT2D eigenvalue weighted by atomic mass is 10.1. The lowest BCUT2D eigenvalue weighted by Gasteiger charge is -2.22. The Bertz CT molecular complexity index is 583. The van der Waals surface area contributed by atoms with E-state index in [0.717, 1.165) is 31.4 Å². The predicted octanol–water partition coefficient (Wildman–Crippen LogP) is 2.28. The van der Waals surface area contributed by atoms with Crippen molar-refractivity contribution < 1.29 is 28.5 Å². The normalized spacial score (nSPS) is 17.0. The lowest BCUT2D eigenvalue weighted by molar-refractivity contribution is -0.161. The Morgan fingerprint density at radius 1 is 1.32 bits per heavy atom. The molecule has 25 heavy (non-hydrogen) atoms. The molecule has 1 aromatic rings. The number of carbonyl (C=O) groups excluding carboxylic acids is 2. The average molecular weight is 351 g/mol. The van der Waals surface area contributed by atoms with E-state index in [0.29, 0.717) is 24.5 Å². The molecular formula is C18H25NO6. The molecule has 0 saturated carbocycles. The van der Waals surface area contributed by atoms with Crippen LogP contribution in [0, 0.1) is 0 Å². The summed E-state index contributed by atoms with van der Waals surface area (Å²) in [6, 6.07) is 5.36. The number of amides is 1. The van der Waals surface area contributed by atoms with E-state index in [2.05, 4.69) is 10.1 Å². The number of hydrogen-bond acceptors (Lipinski definition) is 6. The number of nitrogens with one attached hydrogen (secondary N) is 1. The summed E-state index contributed by atoms with van der Waals surface area (Å²) in [5, 5.41) is 2.49. The first-order valence-electron chi connectivity index (χ1n) is 8.52. The van der Waals surface area contributed by atoms with Crippen LogP contribution in [0.3, 0.4) is 0 Å².